The highest BCUT2D eigenvalue weighted by Gasteiger charge is 2.25. The van der Waals surface area contributed by atoms with E-state index < -0.39 is 18.0 Å². The Bertz CT molecular complexity index is 379. The summed E-state index contributed by atoms with van der Waals surface area (Å²) in [6, 6.07) is 4.49. The Balaban J connectivity index is 2.83. The Hall–Kier alpha value is -1.75. The summed E-state index contributed by atoms with van der Waals surface area (Å²) in [6.45, 7) is 0. The molecular weight excluding hydrogens is 222 g/mol. The van der Waals surface area contributed by atoms with Gasteiger partial charge in [-0.25, -0.2) is 9.59 Å². The molecule has 0 saturated heterocycles. The van der Waals surface area contributed by atoms with Gasteiger partial charge in [-0.1, -0.05) is 17.7 Å². The van der Waals surface area contributed by atoms with Gasteiger partial charge in [0, 0.05) is 10.7 Å². The number of carboxylic acids is 2. The van der Waals surface area contributed by atoms with Gasteiger partial charge in [-0.05, 0) is 18.2 Å². The predicted molar refractivity (Wildman–Crippen MR) is 54.1 cm³/mol. The summed E-state index contributed by atoms with van der Waals surface area (Å²) >= 11 is 5.65. The minimum absolute atomic E-state index is 0.345. The van der Waals surface area contributed by atoms with E-state index in [9.17, 15) is 9.59 Å². The SMILES string of the molecule is O=C(O)C(Nc1cccc(Cl)c1)C(=O)O. The lowest BCUT2D eigenvalue weighted by molar-refractivity contribution is -0.148. The zero-order valence-electron chi connectivity index (χ0n) is 7.48. The zero-order valence-corrected chi connectivity index (χ0v) is 8.23. The van der Waals surface area contributed by atoms with E-state index in [2.05, 4.69) is 5.32 Å². The highest BCUT2D eigenvalue weighted by atomic mass is 35.5. The van der Waals surface area contributed by atoms with Crippen LogP contribution in [-0.2, 0) is 9.59 Å². The van der Waals surface area contributed by atoms with Gasteiger partial charge in [0.15, 0.2) is 0 Å². The molecular formula is C9H8ClNO4. The predicted octanol–water partition coefficient (Wildman–Crippen LogP) is 1.29. The molecule has 0 aromatic heterocycles. The quantitative estimate of drug-likeness (QED) is 0.678. The number of halogens is 1. The summed E-state index contributed by atoms with van der Waals surface area (Å²) < 4.78 is 0. The summed E-state index contributed by atoms with van der Waals surface area (Å²) in [6.07, 6.45) is 0. The van der Waals surface area contributed by atoms with Crippen molar-refractivity contribution in [1.82, 2.24) is 0 Å². The summed E-state index contributed by atoms with van der Waals surface area (Å²) in [5.74, 6) is -2.91. The van der Waals surface area contributed by atoms with Crippen LogP contribution in [0.4, 0.5) is 5.69 Å². The number of anilines is 1. The van der Waals surface area contributed by atoms with E-state index in [1.807, 2.05) is 0 Å². The van der Waals surface area contributed by atoms with Crippen molar-refractivity contribution in [2.24, 2.45) is 0 Å². The van der Waals surface area contributed by atoms with Crippen molar-refractivity contribution in [3.8, 4) is 0 Å². The first-order valence-corrected chi connectivity index (χ1v) is 4.36. The fourth-order valence-electron chi connectivity index (χ4n) is 0.974. The number of benzene rings is 1. The van der Waals surface area contributed by atoms with Crippen LogP contribution in [0.3, 0.4) is 0 Å². The number of hydrogen-bond donors (Lipinski definition) is 3. The Kier molecular flexibility index (Phi) is 3.51. The van der Waals surface area contributed by atoms with Crippen LogP contribution in [0, 0.1) is 0 Å². The molecule has 0 aliphatic rings. The molecule has 0 spiro atoms. The van der Waals surface area contributed by atoms with Gasteiger partial charge in [-0.3, -0.25) is 0 Å². The van der Waals surface area contributed by atoms with Gasteiger partial charge in [0.2, 0.25) is 6.04 Å². The Morgan fingerprint density at radius 2 is 1.87 bits per heavy atom. The van der Waals surface area contributed by atoms with Gasteiger partial charge in [0.05, 0.1) is 0 Å². The Morgan fingerprint density at radius 1 is 1.27 bits per heavy atom. The van der Waals surface area contributed by atoms with E-state index in [0.29, 0.717) is 10.7 Å². The molecule has 0 saturated carbocycles. The summed E-state index contributed by atoms with van der Waals surface area (Å²) in [5, 5.41) is 19.9. The molecule has 6 heteroatoms. The molecule has 5 nitrogen and oxygen atoms in total. The third kappa shape index (κ3) is 3.14. The van der Waals surface area contributed by atoms with E-state index in [1.165, 1.54) is 12.1 Å². The third-order valence-corrected chi connectivity index (χ3v) is 1.86. The lowest BCUT2D eigenvalue weighted by atomic mass is 10.2. The summed E-state index contributed by atoms with van der Waals surface area (Å²) in [4.78, 5) is 21.1. The van der Waals surface area contributed by atoms with Crippen molar-refractivity contribution in [2.45, 2.75) is 6.04 Å². The van der Waals surface area contributed by atoms with Gasteiger partial charge in [0.25, 0.3) is 0 Å². The molecule has 0 bridgehead atoms. The lowest BCUT2D eigenvalue weighted by Gasteiger charge is -2.11. The van der Waals surface area contributed by atoms with E-state index >= 15 is 0 Å². The van der Waals surface area contributed by atoms with Gasteiger partial charge in [0.1, 0.15) is 0 Å². The van der Waals surface area contributed by atoms with Crippen molar-refractivity contribution in [1.29, 1.82) is 0 Å². The average molecular weight is 230 g/mol. The van der Waals surface area contributed by atoms with Crippen molar-refractivity contribution in [3.63, 3.8) is 0 Å². The molecule has 1 rings (SSSR count). The van der Waals surface area contributed by atoms with Gasteiger partial charge < -0.3 is 15.5 Å². The molecule has 80 valence electrons. The molecule has 1 aromatic carbocycles. The molecule has 3 N–H and O–H groups in total. The molecule has 0 aliphatic carbocycles. The normalized spacial score (nSPS) is 10.0. The van der Waals surface area contributed by atoms with Crippen LogP contribution >= 0.6 is 11.6 Å². The standard InChI is InChI=1S/C9H8ClNO4/c10-5-2-1-3-6(4-5)11-7(8(12)13)9(14)15/h1-4,7,11H,(H,12,13)(H,14,15). The maximum Gasteiger partial charge on any atom is 0.337 e. The van der Waals surface area contributed by atoms with Crippen LogP contribution in [0.1, 0.15) is 0 Å². The number of carboxylic acid groups (broad SMARTS) is 2. The number of hydrogen-bond acceptors (Lipinski definition) is 3. The fourth-order valence-corrected chi connectivity index (χ4v) is 1.16. The maximum absolute atomic E-state index is 10.6. The zero-order chi connectivity index (χ0) is 11.4. The number of carbonyl (C=O) groups is 2. The average Bonchev–Trinajstić information content (AvgIpc) is 2.13. The second kappa shape index (κ2) is 4.65. The van der Waals surface area contributed by atoms with Crippen LogP contribution in [-0.4, -0.2) is 28.2 Å². The van der Waals surface area contributed by atoms with E-state index in [-0.39, 0.29) is 0 Å². The molecule has 0 aliphatic heterocycles. The lowest BCUT2D eigenvalue weighted by Crippen LogP contribution is -2.37. The molecule has 0 unspecified atom stereocenters. The topological polar surface area (TPSA) is 86.6 Å². The smallest absolute Gasteiger partial charge is 0.337 e. The molecule has 0 atom stereocenters. The van der Waals surface area contributed by atoms with Crippen LogP contribution in [0.15, 0.2) is 24.3 Å². The van der Waals surface area contributed by atoms with Gasteiger partial charge in [-0.15, -0.1) is 0 Å². The van der Waals surface area contributed by atoms with E-state index in [4.69, 9.17) is 21.8 Å². The monoisotopic (exact) mass is 229 g/mol. The van der Waals surface area contributed by atoms with Gasteiger partial charge in [-0.2, -0.15) is 0 Å². The first-order valence-electron chi connectivity index (χ1n) is 3.98. The summed E-state index contributed by atoms with van der Waals surface area (Å²) in [7, 11) is 0. The Morgan fingerprint density at radius 3 is 2.33 bits per heavy atom. The number of nitrogens with one attached hydrogen (secondary N) is 1. The largest absolute Gasteiger partial charge is 0.479 e. The van der Waals surface area contributed by atoms with Crippen LogP contribution < -0.4 is 5.32 Å². The number of rotatable bonds is 4. The molecule has 15 heavy (non-hydrogen) atoms. The third-order valence-electron chi connectivity index (χ3n) is 1.63. The summed E-state index contributed by atoms with van der Waals surface area (Å²) in [5.41, 5.74) is 0.345. The second-order valence-corrected chi connectivity index (χ2v) is 3.20. The molecule has 0 radical (unpaired) electrons. The highest BCUT2D eigenvalue weighted by molar-refractivity contribution is 6.30. The fraction of sp³-hybridized carbons (Fsp3) is 0.111. The van der Waals surface area contributed by atoms with Crippen molar-refractivity contribution < 1.29 is 19.8 Å². The minimum Gasteiger partial charge on any atom is -0.479 e. The van der Waals surface area contributed by atoms with Crippen LogP contribution in [0.2, 0.25) is 5.02 Å². The molecule has 1 aromatic rings. The number of aliphatic carboxylic acids is 2. The molecule has 0 amide bonds. The van der Waals surface area contributed by atoms with Crippen molar-refractivity contribution >= 4 is 29.2 Å². The second-order valence-electron chi connectivity index (χ2n) is 2.76. The van der Waals surface area contributed by atoms with Crippen LogP contribution in [0.5, 0.6) is 0 Å². The van der Waals surface area contributed by atoms with E-state index in [0.717, 1.165) is 0 Å². The van der Waals surface area contributed by atoms with Gasteiger partial charge >= 0.3 is 11.9 Å². The van der Waals surface area contributed by atoms with E-state index in [1.54, 1.807) is 12.1 Å². The van der Waals surface area contributed by atoms with Crippen molar-refractivity contribution in [3.05, 3.63) is 29.3 Å². The first kappa shape index (κ1) is 11.3. The minimum atomic E-state index is -1.68. The highest BCUT2D eigenvalue weighted by Crippen LogP contribution is 2.15. The first-order chi connectivity index (χ1) is 7.00. The maximum atomic E-state index is 10.6. The van der Waals surface area contributed by atoms with Crippen LogP contribution in [0.25, 0.3) is 0 Å². The molecule has 0 fully saturated rings. The van der Waals surface area contributed by atoms with Crippen molar-refractivity contribution in [2.75, 3.05) is 5.32 Å². The molecule has 0 heterocycles. The Labute approximate surface area is 90.3 Å².